The van der Waals surface area contributed by atoms with Gasteiger partial charge in [-0.1, -0.05) is 22.0 Å². The number of aromatic nitrogens is 3. The Kier molecular flexibility index (Phi) is 6.85. The van der Waals surface area contributed by atoms with Crippen molar-refractivity contribution >= 4 is 38.3 Å². The van der Waals surface area contributed by atoms with E-state index in [2.05, 4.69) is 41.1 Å². The summed E-state index contributed by atoms with van der Waals surface area (Å²) >= 11 is 3.48. The maximum atomic E-state index is 11.8. The SMILES string of the molecule is O=[N+]([O-])c1c(NCCCN2CCOCC2)ncnc1Oc1ccc(Br)c2cccnc12. The van der Waals surface area contributed by atoms with Crippen molar-refractivity contribution in [3.05, 3.63) is 51.4 Å². The zero-order chi connectivity index (χ0) is 21.6. The lowest BCUT2D eigenvalue weighted by molar-refractivity contribution is -0.385. The summed E-state index contributed by atoms with van der Waals surface area (Å²) < 4.78 is 12.0. The Hall–Kier alpha value is -2.89. The van der Waals surface area contributed by atoms with Crippen LogP contribution in [0.1, 0.15) is 6.42 Å². The van der Waals surface area contributed by atoms with Gasteiger partial charge in [-0.3, -0.25) is 20.0 Å². The van der Waals surface area contributed by atoms with Crippen LogP contribution in [0.25, 0.3) is 10.9 Å². The number of ether oxygens (including phenoxy) is 2. The highest BCUT2D eigenvalue weighted by Gasteiger charge is 2.25. The number of nitrogens with one attached hydrogen (secondary N) is 1. The first-order chi connectivity index (χ1) is 15.1. The molecule has 1 aromatic carbocycles. The van der Waals surface area contributed by atoms with Gasteiger partial charge >= 0.3 is 11.6 Å². The van der Waals surface area contributed by atoms with E-state index in [4.69, 9.17) is 9.47 Å². The summed E-state index contributed by atoms with van der Waals surface area (Å²) in [6.07, 6.45) is 3.71. The highest BCUT2D eigenvalue weighted by atomic mass is 79.9. The van der Waals surface area contributed by atoms with Crippen LogP contribution >= 0.6 is 15.9 Å². The van der Waals surface area contributed by atoms with Gasteiger partial charge in [-0.25, -0.2) is 4.98 Å². The van der Waals surface area contributed by atoms with E-state index in [1.165, 1.54) is 6.33 Å². The molecule has 162 valence electrons. The summed E-state index contributed by atoms with van der Waals surface area (Å²) in [5.41, 5.74) is 0.269. The monoisotopic (exact) mass is 488 g/mol. The van der Waals surface area contributed by atoms with Gasteiger partial charge in [0.1, 0.15) is 11.8 Å². The van der Waals surface area contributed by atoms with Crippen LogP contribution in [0.4, 0.5) is 11.5 Å². The van der Waals surface area contributed by atoms with E-state index in [0.29, 0.717) is 17.8 Å². The third-order valence-corrected chi connectivity index (χ3v) is 5.60. The minimum absolute atomic E-state index is 0.131. The average Bonchev–Trinajstić information content (AvgIpc) is 2.79. The predicted octanol–water partition coefficient (Wildman–Crippen LogP) is 3.62. The van der Waals surface area contributed by atoms with Gasteiger partial charge in [-0.05, 0) is 31.2 Å². The highest BCUT2D eigenvalue weighted by Crippen LogP contribution is 2.37. The molecule has 2 aromatic heterocycles. The lowest BCUT2D eigenvalue weighted by atomic mass is 10.2. The van der Waals surface area contributed by atoms with Crippen molar-refractivity contribution in [2.75, 3.05) is 44.7 Å². The van der Waals surface area contributed by atoms with E-state index in [1.54, 1.807) is 18.3 Å². The molecular formula is C20H21BrN6O4. The second kappa shape index (κ2) is 9.94. The van der Waals surface area contributed by atoms with Crippen molar-refractivity contribution in [1.82, 2.24) is 19.9 Å². The van der Waals surface area contributed by atoms with Crippen molar-refractivity contribution in [2.24, 2.45) is 0 Å². The number of anilines is 1. The van der Waals surface area contributed by atoms with Crippen LogP contribution in [0.2, 0.25) is 0 Å². The lowest BCUT2D eigenvalue weighted by Crippen LogP contribution is -2.37. The van der Waals surface area contributed by atoms with Gasteiger partial charge in [-0.2, -0.15) is 4.98 Å². The van der Waals surface area contributed by atoms with Gasteiger partial charge in [0.15, 0.2) is 5.75 Å². The number of fused-ring (bicyclic) bond motifs is 1. The Balaban J connectivity index is 1.51. The van der Waals surface area contributed by atoms with Gasteiger partial charge < -0.3 is 14.8 Å². The second-order valence-corrected chi connectivity index (χ2v) is 7.77. The van der Waals surface area contributed by atoms with Crippen LogP contribution in [-0.4, -0.2) is 64.2 Å². The molecule has 10 nitrogen and oxygen atoms in total. The van der Waals surface area contributed by atoms with Crippen molar-refractivity contribution in [2.45, 2.75) is 6.42 Å². The smallest absolute Gasteiger partial charge is 0.373 e. The molecule has 0 saturated carbocycles. The topological polar surface area (TPSA) is 116 Å². The Morgan fingerprint density at radius 2 is 2.06 bits per heavy atom. The van der Waals surface area contributed by atoms with Crippen LogP contribution in [0.15, 0.2) is 41.3 Å². The van der Waals surface area contributed by atoms with Crippen molar-refractivity contribution < 1.29 is 14.4 Å². The molecule has 0 aliphatic carbocycles. The number of nitro groups is 1. The zero-order valence-corrected chi connectivity index (χ0v) is 18.2. The van der Waals surface area contributed by atoms with Crippen molar-refractivity contribution in [3.8, 4) is 11.6 Å². The van der Waals surface area contributed by atoms with E-state index in [0.717, 1.165) is 49.1 Å². The first-order valence-corrected chi connectivity index (χ1v) is 10.7. The molecule has 3 heterocycles. The Labute approximate surface area is 186 Å². The normalized spacial score (nSPS) is 14.5. The molecule has 1 aliphatic heterocycles. The summed E-state index contributed by atoms with van der Waals surface area (Å²) in [6.45, 7) is 4.71. The molecule has 1 N–H and O–H groups in total. The molecule has 0 amide bonds. The van der Waals surface area contributed by atoms with Gasteiger partial charge in [0.05, 0.1) is 18.1 Å². The van der Waals surface area contributed by atoms with Crippen LogP contribution in [-0.2, 0) is 4.74 Å². The molecule has 0 bridgehead atoms. The molecule has 0 spiro atoms. The van der Waals surface area contributed by atoms with Crippen LogP contribution < -0.4 is 10.1 Å². The van der Waals surface area contributed by atoms with Crippen molar-refractivity contribution in [1.29, 1.82) is 0 Å². The molecule has 0 unspecified atom stereocenters. The summed E-state index contributed by atoms with van der Waals surface area (Å²) in [5, 5.41) is 15.7. The summed E-state index contributed by atoms with van der Waals surface area (Å²) in [6, 6.07) is 7.19. The number of hydrogen-bond donors (Lipinski definition) is 1. The first-order valence-electron chi connectivity index (χ1n) is 9.88. The lowest BCUT2D eigenvalue weighted by Gasteiger charge is -2.26. The van der Waals surface area contributed by atoms with Gasteiger partial charge in [0.2, 0.25) is 5.82 Å². The van der Waals surface area contributed by atoms with Crippen molar-refractivity contribution in [3.63, 3.8) is 0 Å². The van der Waals surface area contributed by atoms with Crippen LogP contribution in [0.3, 0.4) is 0 Å². The fourth-order valence-corrected chi connectivity index (χ4v) is 3.82. The maximum absolute atomic E-state index is 11.8. The fraction of sp³-hybridized carbons (Fsp3) is 0.350. The minimum Gasteiger partial charge on any atom is -0.431 e. The summed E-state index contributed by atoms with van der Waals surface area (Å²) in [4.78, 5) is 26.0. The average molecular weight is 489 g/mol. The summed E-state index contributed by atoms with van der Waals surface area (Å²) in [5.74, 6) is 0.371. The molecule has 4 rings (SSSR count). The van der Waals surface area contributed by atoms with E-state index in [-0.39, 0.29) is 17.4 Å². The summed E-state index contributed by atoms with van der Waals surface area (Å²) in [7, 11) is 0. The fourth-order valence-electron chi connectivity index (χ4n) is 3.36. The quantitative estimate of drug-likeness (QED) is 0.288. The van der Waals surface area contributed by atoms with E-state index in [9.17, 15) is 10.1 Å². The molecule has 1 fully saturated rings. The van der Waals surface area contributed by atoms with E-state index < -0.39 is 4.92 Å². The minimum atomic E-state index is -0.534. The third kappa shape index (κ3) is 5.06. The predicted molar refractivity (Wildman–Crippen MR) is 119 cm³/mol. The van der Waals surface area contributed by atoms with Crippen LogP contribution in [0.5, 0.6) is 11.6 Å². The Bertz CT molecular complexity index is 1080. The molecule has 0 atom stereocenters. The molecule has 0 radical (unpaired) electrons. The molecule has 31 heavy (non-hydrogen) atoms. The van der Waals surface area contributed by atoms with Gasteiger partial charge in [-0.15, -0.1) is 0 Å². The van der Waals surface area contributed by atoms with Gasteiger partial charge in [0, 0.05) is 35.7 Å². The molecule has 3 aromatic rings. The third-order valence-electron chi connectivity index (χ3n) is 4.90. The second-order valence-electron chi connectivity index (χ2n) is 6.91. The largest absolute Gasteiger partial charge is 0.431 e. The molecular weight excluding hydrogens is 468 g/mol. The van der Waals surface area contributed by atoms with Crippen LogP contribution in [0, 0.1) is 10.1 Å². The number of halogens is 1. The number of rotatable bonds is 8. The van der Waals surface area contributed by atoms with Gasteiger partial charge in [0.25, 0.3) is 0 Å². The Morgan fingerprint density at radius 1 is 1.23 bits per heavy atom. The number of hydrogen-bond acceptors (Lipinski definition) is 9. The number of nitrogens with zero attached hydrogens (tertiary/aromatic N) is 5. The highest BCUT2D eigenvalue weighted by molar-refractivity contribution is 9.10. The molecule has 11 heteroatoms. The Morgan fingerprint density at radius 3 is 2.87 bits per heavy atom. The molecule has 1 aliphatic rings. The maximum Gasteiger partial charge on any atom is 0.373 e. The van der Waals surface area contributed by atoms with E-state index in [1.807, 2.05) is 12.1 Å². The standard InChI is InChI=1S/C20H21BrN6O4/c21-15-4-5-16(17-14(15)3-1-6-22-17)31-20-18(27(28)29)19(24-13-25-20)23-7-2-8-26-9-11-30-12-10-26/h1,3-6,13H,2,7-12H2,(H,23,24,25). The number of pyridine rings is 1. The number of morpholine rings is 1. The zero-order valence-electron chi connectivity index (χ0n) is 16.7. The number of benzene rings is 1. The van der Waals surface area contributed by atoms with E-state index >= 15 is 0 Å². The first kappa shape index (κ1) is 21.3. The molecule has 1 saturated heterocycles.